The summed E-state index contributed by atoms with van der Waals surface area (Å²) >= 11 is 0. The number of methoxy groups -OCH3 is 1. The van der Waals surface area contributed by atoms with Crippen LogP contribution in [0.15, 0.2) is 18.2 Å². The molecule has 1 unspecified atom stereocenters. The highest BCUT2D eigenvalue weighted by Crippen LogP contribution is 2.21. The first-order chi connectivity index (χ1) is 10.0. The van der Waals surface area contributed by atoms with Gasteiger partial charge >= 0.3 is 5.97 Å². The lowest BCUT2D eigenvalue weighted by Gasteiger charge is -2.32. The number of phenolic OH excluding ortho intramolecular Hbond substituents is 1. The van der Waals surface area contributed by atoms with Gasteiger partial charge in [-0.25, -0.2) is 0 Å². The molecule has 1 aliphatic rings. The molecule has 114 valence electrons. The van der Waals surface area contributed by atoms with Gasteiger partial charge in [-0.15, -0.1) is 0 Å². The Kier molecular flexibility index (Phi) is 4.80. The molecule has 0 saturated carbocycles. The number of rotatable bonds is 3. The molecule has 21 heavy (non-hydrogen) atoms. The molecular formula is C15H19NO5. The molecule has 0 aromatic heterocycles. The van der Waals surface area contributed by atoms with Gasteiger partial charge in [-0.3, -0.25) is 9.59 Å². The van der Waals surface area contributed by atoms with Gasteiger partial charge in [-0.05, 0) is 24.6 Å². The van der Waals surface area contributed by atoms with Crippen molar-refractivity contribution in [3.63, 3.8) is 0 Å². The molecule has 6 nitrogen and oxygen atoms in total. The number of morpholine rings is 1. The molecule has 1 fully saturated rings. The van der Waals surface area contributed by atoms with E-state index >= 15 is 0 Å². The van der Waals surface area contributed by atoms with Crippen molar-refractivity contribution in [1.29, 1.82) is 0 Å². The summed E-state index contributed by atoms with van der Waals surface area (Å²) in [6, 6.07) is 4.94. The summed E-state index contributed by atoms with van der Waals surface area (Å²) in [6.45, 7) is 2.94. The van der Waals surface area contributed by atoms with Crippen LogP contribution >= 0.6 is 0 Å². The Labute approximate surface area is 123 Å². The number of aryl methyl sites for hydroxylation is 1. The summed E-state index contributed by atoms with van der Waals surface area (Å²) in [4.78, 5) is 25.3. The van der Waals surface area contributed by atoms with Crippen molar-refractivity contribution < 1.29 is 24.2 Å². The first-order valence-electron chi connectivity index (χ1n) is 6.78. The van der Waals surface area contributed by atoms with Gasteiger partial charge in [0, 0.05) is 13.1 Å². The lowest BCUT2D eigenvalue weighted by molar-refractivity contribution is -0.145. The van der Waals surface area contributed by atoms with Gasteiger partial charge in [0.2, 0.25) is 0 Å². The average Bonchev–Trinajstić information content (AvgIpc) is 2.47. The molecule has 0 spiro atoms. The van der Waals surface area contributed by atoms with Crippen molar-refractivity contribution in [2.45, 2.75) is 19.4 Å². The zero-order valence-electron chi connectivity index (χ0n) is 12.2. The van der Waals surface area contributed by atoms with Crippen molar-refractivity contribution in [3.05, 3.63) is 29.3 Å². The Morgan fingerprint density at radius 1 is 1.48 bits per heavy atom. The average molecular weight is 293 g/mol. The van der Waals surface area contributed by atoms with Crippen molar-refractivity contribution >= 4 is 11.9 Å². The zero-order valence-corrected chi connectivity index (χ0v) is 12.2. The maximum Gasteiger partial charge on any atom is 0.308 e. The van der Waals surface area contributed by atoms with Gasteiger partial charge in [-0.2, -0.15) is 0 Å². The van der Waals surface area contributed by atoms with E-state index in [0.717, 1.165) is 5.56 Å². The Morgan fingerprint density at radius 2 is 2.24 bits per heavy atom. The smallest absolute Gasteiger partial charge is 0.308 e. The maximum absolute atomic E-state index is 12.4. The summed E-state index contributed by atoms with van der Waals surface area (Å²) < 4.78 is 10.1. The van der Waals surface area contributed by atoms with E-state index < -0.39 is 0 Å². The van der Waals surface area contributed by atoms with Gasteiger partial charge in [-0.1, -0.05) is 6.07 Å². The highest BCUT2D eigenvalue weighted by Gasteiger charge is 2.28. The topological polar surface area (TPSA) is 76.1 Å². The number of ether oxygens (including phenoxy) is 2. The molecule has 1 aromatic rings. The van der Waals surface area contributed by atoms with Crippen LogP contribution in [0, 0.1) is 6.92 Å². The SMILES string of the molecule is COC(=O)CC1CN(C(=O)c2ccc(C)cc2O)CCO1. The molecular weight excluding hydrogens is 274 g/mol. The third kappa shape index (κ3) is 3.72. The van der Waals surface area contributed by atoms with Crippen molar-refractivity contribution in [1.82, 2.24) is 4.90 Å². The number of carbonyl (C=O) groups excluding carboxylic acids is 2. The standard InChI is InChI=1S/C15H19NO5/c1-10-3-4-12(13(17)7-10)15(19)16-5-6-21-11(9-16)8-14(18)20-2/h3-4,7,11,17H,5-6,8-9H2,1-2H3. The molecule has 1 aliphatic heterocycles. The second kappa shape index (κ2) is 6.58. The molecule has 0 radical (unpaired) electrons. The van der Waals surface area contributed by atoms with Crippen LogP contribution in [0.1, 0.15) is 22.3 Å². The fourth-order valence-corrected chi connectivity index (χ4v) is 2.29. The number of hydrogen-bond acceptors (Lipinski definition) is 5. The fraction of sp³-hybridized carbons (Fsp3) is 0.467. The minimum Gasteiger partial charge on any atom is -0.507 e. The lowest BCUT2D eigenvalue weighted by Crippen LogP contribution is -2.46. The largest absolute Gasteiger partial charge is 0.507 e. The lowest BCUT2D eigenvalue weighted by atomic mass is 10.1. The van der Waals surface area contributed by atoms with Gasteiger partial charge in [0.1, 0.15) is 5.75 Å². The van der Waals surface area contributed by atoms with Crippen LogP contribution < -0.4 is 0 Å². The second-order valence-electron chi connectivity index (χ2n) is 5.04. The van der Waals surface area contributed by atoms with Gasteiger partial charge in [0.25, 0.3) is 5.91 Å². The zero-order chi connectivity index (χ0) is 15.4. The summed E-state index contributed by atoms with van der Waals surface area (Å²) in [5, 5.41) is 9.89. The van der Waals surface area contributed by atoms with E-state index in [2.05, 4.69) is 4.74 Å². The number of aromatic hydroxyl groups is 1. The molecule has 1 amide bonds. The fourth-order valence-electron chi connectivity index (χ4n) is 2.29. The van der Waals surface area contributed by atoms with Crippen LogP contribution in [0.25, 0.3) is 0 Å². The van der Waals surface area contributed by atoms with Crippen LogP contribution in [-0.2, 0) is 14.3 Å². The minimum absolute atomic E-state index is 0.0315. The van der Waals surface area contributed by atoms with Crippen LogP contribution in [0.5, 0.6) is 5.75 Å². The van der Waals surface area contributed by atoms with Crippen LogP contribution in [-0.4, -0.2) is 54.8 Å². The third-order valence-corrected chi connectivity index (χ3v) is 3.43. The summed E-state index contributed by atoms with van der Waals surface area (Å²) in [5.41, 5.74) is 1.15. The van der Waals surface area contributed by atoms with E-state index in [4.69, 9.17) is 4.74 Å². The number of benzene rings is 1. The number of hydrogen-bond donors (Lipinski definition) is 1. The van der Waals surface area contributed by atoms with Crippen LogP contribution in [0.3, 0.4) is 0 Å². The molecule has 1 atom stereocenters. The molecule has 1 N–H and O–H groups in total. The summed E-state index contributed by atoms with van der Waals surface area (Å²) in [5.74, 6) is -0.658. The van der Waals surface area contributed by atoms with E-state index in [-0.39, 0.29) is 35.7 Å². The molecule has 0 aliphatic carbocycles. The van der Waals surface area contributed by atoms with Crippen LogP contribution in [0.4, 0.5) is 0 Å². The number of esters is 1. The van der Waals surface area contributed by atoms with E-state index in [9.17, 15) is 14.7 Å². The first kappa shape index (κ1) is 15.3. The normalized spacial score (nSPS) is 18.4. The second-order valence-corrected chi connectivity index (χ2v) is 5.04. The monoisotopic (exact) mass is 293 g/mol. The highest BCUT2D eigenvalue weighted by molar-refractivity contribution is 5.97. The number of phenols is 1. The molecule has 6 heteroatoms. The van der Waals surface area contributed by atoms with Crippen molar-refractivity contribution in [2.24, 2.45) is 0 Å². The maximum atomic E-state index is 12.4. The van der Waals surface area contributed by atoms with E-state index in [1.807, 2.05) is 6.92 Å². The van der Waals surface area contributed by atoms with Crippen molar-refractivity contribution in [3.8, 4) is 5.75 Å². The van der Waals surface area contributed by atoms with E-state index in [0.29, 0.717) is 19.7 Å². The predicted molar refractivity (Wildman–Crippen MR) is 75.1 cm³/mol. The number of amides is 1. The Morgan fingerprint density at radius 3 is 2.90 bits per heavy atom. The first-order valence-corrected chi connectivity index (χ1v) is 6.78. The predicted octanol–water partition coefficient (Wildman–Crippen LogP) is 1.10. The quantitative estimate of drug-likeness (QED) is 0.845. The van der Waals surface area contributed by atoms with Crippen LogP contribution in [0.2, 0.25) is 0 Å². The summed E-state index contributed by atoms with van der Waals surface area (Å²) in [6.07, 6.45) is -0.261. The molecule has 2 rings (SSSR count). The Bertz CT molecular complexity index is 543. The Hall–Kier alpha value is -2.08. The molecule has 0 bridgehead atoms. The highest BCUT2D eigenvalue weighted by atomic mass is 16.5. The summed E-state index contributed by atoms with van der Waals surface area (Å²) in [7, 11) is 1.32. The molecule has 1 heterocycles. The third-order valence-electron chi connectivity index (χ3n) is 3.43. The molecule has 1 saturated heterocycles. The van der Waals surface area contributed by atoms with Crippen molar-refractivity contribution in [2.75, 3.05) is 26.8 Å². The van der Waals surface area contributed by atoms with Gasteiger partial charge in [0.05, 0.1) is 31.8 Å². The Balaban J connectivity index is 2.06. The minimum atomic E-state index is -0.372. The van der Waals surface area contributed by atoms with Gasteiger partial charge < -0.3 is 19.5 Å². The molecule has 1 aromatic carbocycles. The van der Waals surface area contributed by atoms with Gasteiger partial charge in [0.15, 0.2) is 0 Å². The van der Waals surface area contributed by atoms with E-state index in [1.165, 1.54) is 7.11 Å². The van der Waals surface area contributed by atoms with E-state index in [1.54, 1.807) is 23.1 Å². The number of nitrogens with zero attached hydrogens (tertiary/aromatic N) is 1. The number of carbonyl (C=O) groups is 2.